The molecule has 0 atom stereocenters. The molecule has 7 heteroatoms. The number of hydrogen-bond donors (Lipinski definition) is 1. The minimum atomic E-state index is -0.125. The van der Waals surface area contributed by atoms with E-state index in [0.29, 0.717) is 24.7 Å². The Balaban J connectivity index is 1.40. The quantitative estimate of drug-likeness (QED) is 0.597. The number of nitrogens with zero attached hydrogens (tertiary/aromatic N) is 2. The molecule has 1 aliphatic rings. The lowest BCUT2D eigenvalue weighted by Gasteiger charge is -2.26. The lowest BCUT2D eigenvalue weighted by Crippen LogP contribution is -2.35. The average molecular weight is 373 g/mol. The van der Waals surface area contributed by atoms with Gasteiger partial charge < -0.3 is 14.1 Å². The van der Waals surface area contributed by atoms with Gasteiger partial charge in [0.1, 0.15) is 5.76 Å². The summed E-state index contributed by atoms with van der Waals surface area (Å²) in [5.74, 6) is 2.46. The molecule has 0 spiro atoms. The van der Waals surface area contributed by atoms with Crippen molar-refractivity contribution in [3.05, 3.63) is 53.3 Å². The number of amides is 1. The predicted octanol–water partition coefficient (Wildman–Crippen LogP) is 2.81. The number of thioether (sulfide) groups is 1. The van der Waals surface area contributed by atoms with Crippen LogP contribution in [0.25, 0.3) is 0 Å². The largest absolute Gasteiger partial charge is 0.440 e. The highest BCUT2D eigenvalue weighted by Gasteiger charge is 2.14. The lowest BCUT2D eigenvalue weighted by atomic mass is 10.1. The molecule has 1 fully saturated rings. The Hall–Kier alpha value is -2.25. The van der Waals surface area contributed by atoms with Gasteiger partial charge >= 0.3 is 0 Å². The van der Waals surface area contributed by atoms with Crippen molar-refractivity contribution in [2.24, 2.45) is 5.10 Å². The predicted molar refractivity (Wildman–Crippen MR) is 105 cm³/mol. The van der Waals surface area contributed by atoms with Gasteiger partial charge in [0.05, 0.1) is 25.2 Å². The van der Waals surface area contributed by atoms with Crippen molar-refractivity contribution < 1.29 is 13.9 Å². The fourth-order valence-corrected chi connectivity index (χ4v) is 3.49. The number of benzene rings is 1. The highest BCUT2D eigenvalue weighted by Crippen LogP contribution is 2.18. The molecule has 1 saturated heterocycles. The van der Waals surface area contributed by atoms with Gasteiger partial charge in [-0.25, -0.2) is 5.43 Å². The van der Waals surface area contributed by atoms with Gasteiger partial charge in [-0.2, -0.15) is 5.10 Å². The maximum Gasteiger partial charge on any atom is 0.250 e. The van der Waals surface area contributed by atoms with Gasteiger partial charge in [-0.05, 0) is 24.1 Å². The van der Waals surface area contributed by atoms with Crippen LogP contribution in [0.2, 0.25) is 0 Å². The first-order valence-corrected chi connectivity index (χ1v) is 9.74. The van der Waals surface area contributed by atoms with E-state index in [-0.39, 0.29) is 5.91 Å². The summed E-state index contributed by atoms with van der Waals surface area (Å²) in [5, 5.41) is 3.97. The zero-order valence-electron chi connectivity index (χ0n) is 14.8. The Morgan fingerprint density at radius 3 is 2.88 bits per heavy atom. The number of carbonyl (C=O) groups excluding carboxylic acids is 1. The van der Waals surface area contributed by atoms with Crippen LogP contribution in [0.3, 0.4) is 0 Å². The number of aryl methyl sites for hydroxylation is 1. The molecule has 6 nitrogen and oxygen atoms in total. The van der Waals surface area contributed by atoms with Gasteiger partial charge in [0.25, 0.3) is 0 Å². The van der Waals surface area contributed by atoms with Gasteiger partial charge in [0.2, 0.25) is 5.91 Å². The van der Waals surface area contributed by atoms with E-state index >= 15 is 0 Å². The maximum absolute atomic E-state index is 11.9. The average Bonchev–Trinajstić information content (AvgIpc) is 3.13. The molecule has 26 heavy (non-hydrogen) atoms. The molecule has 1 aromatic heterocycles. The van der Waals surface area contributed by atoms with E-state index in [1.54, 1.807) is 11.8 Å². The van der Waals surface area contributed by atoms with E-state index in [0.717, 1.165) is 24.7 Å². The molecule has 0 radical (unpaired) electrons. The summed E-state index contributed by atoms with van der Waals surface area (Å²) in [5.41, 5.74) is 5.03. The third-order valence-corrected chi connectivity index (χ3v) is 5.05. The first-order valence-electron chi connectivity index (χ1n) is 8.59. The van der Waals surface area contributed by atoms with Crippen LogP contribution < -0.4 is 10.3 Å². The number of hydrazone groups is 1. The molecule has 1 N–H and O–H groups in total. The Labute approximate surface area is 157 Å². The van der Waals surface area contributed by atoms with Crippen LogP contribution in [0.1, 0.15) is 16.9 Å². The molecular weight excluding hydrogens is 350 g/mol. The molecule has 2 heterocycles. The van der Waals surface area contributed by atoms with Crippen molar-refractivity contribution in [3.8, 4) is 0 Å². The minimum Gasteiger partial charge on any atom is -0.440 e. The molecule has 2 aromatic rings. The van der Waals surface area contributed by atoms with Crippen LogP contribution in [0.5, 0.6) is 0 Å². The first-order chi connectivity index (χ1) is 12.7. The molecule has 3 rings (SSSR count). The third-order valence-electron chi connectivity index (χ3n) is 4.07. The topological polar surface area (TPSA) is 67.1 Å². The molecule has 1 aromatic carbocycles. The highest BCUT2D eigenvalue weighted by molar-refractivity contribution is 7.99. The van der Waals surface area contributed by atoms with E-state index in [1.807, 2.05) is 24.3 Å². The Morgan fingerprint density at radius 2 is 2.08 bits per heavy atom. The number of carbonyl (C=O) groups is 1. The molecule has 1 aliphatic heterocycles. The van der Waals surface area contributed by atoms with Gasteiger partial charge in [-0.3, -0.25) is 4.79 Å². The summed E-state index contributed by atoms with van der Waals surface area (Å²) in [6, 6.07) is 11.9. The second-order valence-corrected chi connectivity index (χ2v) is 6.97. The zero-order chi connectivity index (χ0) is 18.2. The summed E-state index contributed by atoms with van der Waals surface area (Å²) < 4.78 is 11.0. The van der Waals surface area contributed by atoms with Crippen molar-refractivity contribution in [1.29, 1.82) is 0 Å². The Kier molecular flexibility index (Phi) is 6.74. The third kappa shape index (κ3) is 5.37. The molecule has 138 valence electrons. The van der Waals surface area contributed by atoms with Crippen molar-refractivity contribution in [2.45, 2.75) is 12.7 Å². The normalized spacial score (nSPS) is 14.7. The van der Waals surface area contributed by atoms with Crippen molar-refractivity contribution in [2.75, 3.05) is 37.0 Å². The fraction of sp³-hybridized carbons (Fsp3) is 0.368. The number of nitrogens with one attached hydrogen (secondary N) is 1. The summed E-state index contributed by atoms with van der Waals surface area (Å²) in [7, 11) is 0. The highest BCUT2D eigenvalue weighted by atomic mass is 32.2. The number of furan rings is 1. The van der Waals surface area contributed by atoms with Crippen LogP contribution in [0, 0.1) is 6.92 Å². The SMILES string of the molecule is Cc1ccccc1CSCC(=O)N/N=C\c1ccc(N2CCOCC2)o1. The molecule has 0 unspecified atom stereocenters. The van der Waals surface area contributed by atoms with Crippen molar-refractivity contribution >= 4 is 29.8 Å². The molecule has 0 bridgehead atoms. The molecule has 1 amide bonds. The number of morpholine rings is 1. The van der Waals surface area contributed by atoms with Crippen LogP contribution in [-0.2, 0) is 15.3 Å². The van der Waals surface area contributed by atoms with E-state index < -0.39 is 0 Å². The van der Waals surface area contributed by atoms with Gasteiger partial charge in [0.15, 0.2) is 5.88 Å². The minimum absolute atomic E-state index is 0.125. The molecule has 0 saturated carbocycles. The Morgan fingerprint density at radius 1 is 1.27 bits per heavy atom. The van der Waals surface area contributed by atoms with E-state index in [2.05, 4.69) is 34.5 Å². The second-order valence-electron chi connectivity index (χ2n) is 5.99. The number of hydrogen-bond acceptors (Lipinski definition) is 6. The summed E-state index contributed by atoms with van der Waals surface area (Å²) in [6.07, 6.45) is 1.52. The van der Waals surface area contributed by atoms with Gasteiger partial charge in [-0.15, -0.1) is 11.8 Å². The second kappa shape index (κ2) is 9.45. The number of ether oxygens (including phenoxy) is 1. The fourth-order valence-electron chi connectivity index (χ4n) is 2.59. The summed E-state index contributed by atoms with van der Waals surface area (Å²) in [6.45, 7) is 5.13. The van der Waals surface area contributed by atoms with Crippen LogP contribution in [-0.4, -0.2) is 44.2 Å². The summed E-state index contributed by atoms with van der Waals surface area (Å²) >= 11 is 1.57. The van der Waals surface area contributed by atoms with Gasteiger partial charge in [0, 0.05) is 24.9 Å². The molecule has 0 aliphatic carbocycles. The van der Waals surface area contributed by atoms with E-state index in [1.165, 1.54) is 17.3 Å². The first kappa shape index (κ1) is 18.5. The Bertz CT molecular complexity index is 754. The maximum atomic E-state index is 11.9. The summed E-state index contributed by atoms with van der Waals surface area (Å²) in [4.78, 5) is 14.0. The van der Waals surface area contributed by atoms with Crippen molar-refractivity contribution in [1.82, 2.24) is 5.43 Å². The standard InChI is InChI=1S/C19H23N3O3S/c1-15-4-2-3-5-16(15)13-26-14-18(23)21-20-12-17-6-7-19(25-17)22-8-10-24-11-9-22/h2-7,12H,8-11,13-14H2,1H3,(H,21,23)/b20-12-. The number of anilines is 1. The van der Waals surface area contributed by atoms with Crippen LogP contribution >= 0.6 is 11.8 Å². The van der Waals surface area contributed by atoms with E-state index in [4.69, 9.17) is 9.15 Å². The van der Waals surface area contributed by atoms with E-state index in [9.17, 15) is 4.79 Å². The van der Waals surface area contributed by atoms with Gasteiger partial charge in [-0.1, -0.05) is 24.3 Å². The smallest absolute Gasteiger partial charge is 0.250 e. The molecular formula is C19H23N3O3S. The monoisotopic (exact) mass is 373 g/mol. The number of rotatable bonds is 7. The van der Waals surface area contributed by atoms with Crippen LogP contribution in [0.4, 0.5) is 5.88 Å². The van der Waals surface area contributed by atoms with Crippen molar-refractivity contribution in [3.63, 3.8) is 0 Å². The van der Waals surface area contributed by atoms with Crippen LogP contribution in [0.15, 0.2) is 45.9 Å². The lowest BCUT2D eigenvalue weighted by molar-refractivity contribution is -0.118. The zero-order valence-corrected chi connectivity index (χ0v) is 15.6.